The van der Waals surface area contributed by atoms with Gasteiger partial charge in [-0.15, -0.1) is 0 Å². The molecule has 1 aromatic rings. The van der Waals surface area contributed by atoms with Crippen molar-refractivity contribution >= 4 is 11.9 Å². The van der Waals surface area contributed by atoms with Crippen molar-refractivity contribution < 1.29 is 0 Å². The fourth-order valence-corrected chi connectivity index (χ4v) is 2.63. The molecule has 2 aliphatic carbocycles. The van der Waals surface area contributed by atoms with E-state index in [9.17, 15) is 0 Å². The molecule has 1 fully saturated rings. The van der Waals surface area contributed by atoms with Gasteiger partial charge in [-0.2, -0.15) is 0 Å². The molecule has 3 rings (SSSR count). The van der Waals surface area contributed by atoms with E-state index in [2.05, 4.69) is 41.4 Å². The molecule has 0 spiro atoms. The third-order valence-corrected chi connectivity index (χ3v) is 3.89. The van der Waals surface area contributed by atoms with Crippen LogP contribution in [0.5, 0.6) is 0 Å². The van der Waals surface area contributed by atoms with Crippen molar-refractivity contribution in [2.45, 2.75) is 18.8 Å². The first-order chi connectivity index (χ1) is 9.65. The molecule has 0 aromatic heterocycles. The van der Waals surface area contributed by atoms with Crippen LogP contribution in [-0.4, -0.2) is 11.9 Å². The van der Waals surface area contributed by atoms with Crippen molar-refractivity contribution in [2.75, 3.05) is 0 Å². The Morgan fingerprint density at radius 2 is 2.10 bits per heavy atom. The van der Waals surface area contributed by atoms with Crippen molar-refractivity contribution in [2.24, 2.45) is 10.7 Å². The highest BCUT2D eigenvalue weighted by atomic mass is 14.7. The Morgan fingerprint density at radius 3 is 2.80 bits per heavy atom. The zero-order chi connectivity index (χ0) is 14.2. The lowest BCUT2D eigenvalue weighted by Crippen LogP contribution is -2.04. The molecule has 0 aliphatic heterocycles. The van der Waals surface area contributed by atoms with Gasteiger partial charge in [-0.25, -0.2) is 0 Å². The van der Waals surface area contributed by atoms with Crippen LogP contribution in [0.2, 0.25) is 0 Å². The largest absolute Gasteiger partial charge is 0.397 e. The molecule has 0 bridgehead atoms. The van der Waals surface area contributed by atoms with Crippen molar-refractivity contribution in [3.63, 3.8) is 0 Å². The van der Waals surface area contributed by atoms with Crippen molar-refractivity contribution in [3.8, 4) is 0 Å². The van der Waals surface area contributed by atoms with E-state index in [0.717, 1.165) is 12.0 Å². The van der Waals surface area contributed by atoms with Crippen molar-refractivity contribution in [3.05, 3.63) is 71.1 Å². The summed E-state index contributed by atoms with van der Waals surface area (Å²) >= 11 is 0. The maximum absolute atomic E-state index is 7.09. The molecule has 1 aromatic carbocycles. The Labute approximate surface area is 118 Å². The quantitative estimate of drug-likeness (QED) is 0.805. The predicted octanol–water partition coefficient (Wildman–Crippen LogP) is 3.11. The van der Waals surface area contributed by atoms with Crippen LogP contribution in [0.4, 0.5) is 0 Å². The first-order valence-electron chi connectivity index (χ1n) is 6.66. The molecule has 0 radical (unpaired) electrons. The summed E-state index contributed by atoms with van der Waals surface area (Å²) in [4.78, 5) is 4.14. The summed E-state index contributed by atoms with van der Waals surface area (Å²) in [5, 5.41) is 7.09. The van der Waals surface area contributed by atoms with E-state index in [-0.39, 0.29) is 5.41 Å². The molecule has 0 amide bonds. The fraction of sp³-hybridized carbons (Fsp3) is 0.176. The van der Waals surface area contributed by atoms with Crippen LogP contribution in [0.1, 0.15) is 18.9 Å². The summed E-state index contributed by atoms with van der Waals surface area (Å²) in [6.45, 7) is 1.78. The van der Waals surface area contributed by atoms with Crippen LogP contribution in [0.25, 0.3) is 0 Å². The van der Waals surface area contributed by atoms with Crippen molar-refractivity contribution in [1.29, 1.82) is 5.41 Å². The average Bonchev–Trinajstić information content (AvgIpc) is 3.07. The van der Waals surface area contributed by atoms with Gasteiger partial charge in [0.25, 0.3) is 0 Å². The Hall–Kier alpha value is -2.42. The van der Waals surface area contributed by atoms with E-state index in [1.54, 1.807) is 13.1 Å². The summed E-state index contributed by atoms with van der Waals surface area (Å²) in [5.74, 6) is 0. The van der Waals surface area contributed by atoms with Gasteiger partial charge in [-0.05, 0) is 24.5 Å². The number of hydrogen-bond donors (Lipinski definition) is 2. The number of benzene rings is 1. The standard InChI is InChI=1S/C17H17N3/c1-12(10-18)20-11-16(19)13-7-15-9-17(15,8-13)14-5-3-2-4-6-14/h2-8,10-11,18H,9,19H2,1H3/b16-11-,18-10?,20-12?. The lowest BCUT2D eigenvalue weighted by atomic mass is 9.95. The van der Waals surface area contributed by atoms with Gasteiger partial charge < -0.3 is 11.1 Å². The van der Waals surface area contributed by atoms with Gasteiger partial charge in [-0.1, -0.05) is 48.1 Å². The highest BCUT2D eigenvalue weighted by molar-refractivity contribution is 6.28. The summed E-state index contributed by atoms with van der Waals surface area (Å²) in [5.41, 5.74) is 11.2. The molecule has 3 N–H and O–H groups in total. The topological polar surface area (TPSA) is 62.2 Å². The summed E-state index contributed by atoms with van der Waals surface area (Å²) < 4.78 is 0. The van der Waals surface area contributed by atoms with E-state index in [4.69, 9.17) is 11.1 Å². The molecule has 100 valence electrons. The normalized spacial score (nSPS) is 24.9. The number of nitrogens with two attached hydrogens (primary N) is 1. The van der Waals surface area contributed by atoms with Crippen LogP contribution in [0, 0.1) is 5.41 Å². The molecular formula is C17H17N3. The fourth-order valence-electron chi connectivity index (χ4n) is 2.63. The van der Waals surface area contributed by atoms with Crippen LogP contribution in [0.15, 0.2) is 70.5 Å². The average molecular weight is 263 g/mol. The Morgan fingerprint density at radius 1 is 1.35 bits per heavy atom. The molecule has 1 atom stereocenters. The maximum atomic E-state index is 7.09. The number of nitrogens with one attached hydrogen (secondary N) is 1. The number of allylic oxidation sites excluding steroid dienone is 3. The molecule has 3 nitrogen and oxygen atoms in total. The minimum atomic E-state index is 0.0787. The molecule has 3 heteroatoms. The number of rotatable bonds is 4. The van der Waals surface area contributed by atoms with Crippen LogP contribution in [-0.2, 0) is 5.41 Å². The zero-order valence-electron chi connectivity index (χ0n) is 11.4. The molecule has 2 aliphatic rings. The van der Waals surface area contributed by atoms with E-state index < -0.39 is 0 Å². The molecule has 0 heterocycles. The van der Waals surface area contributed by atoms with E-state index in [1.165, 1.54) is 17.4 Å². The minimum absolute atomic E-state index is 0.0787. The predicted molar refractivity (Wildman–Crippen MR) is 83.1 cm³/mol. The number of fused-ring (bicyclic) bond motifs is 1. The monoisotopic (exact) mass is 263 g/mol. The number of hydrogen-bond acceptors (Lipinski definition) is 3. The van der Waals surface area contributed by atoms with Gasteiger partial charge in [0.1, 0.15) is 0 Å². The second kappa shape index (κ2) is 4.60. The molecule has 1 saturated carbocycles. The smallest absolute Gasteiger partial charge is 0.0570 e. The minimum Gasteiger partial charge on any atom is -0.397 e. The Kier molecular flexibility index (Phi) is 2.90. The number of aliphatic imine (C=N–C) groups is 1. The first-order valence-corrected chi connectivity index (χ1v) is 6.66. The van der Waals surface area contributed by atoms with E-state index in [1.807, 2.05) is 6.07 Å². The Bertz CT molecular complexity index is 677. The third kappa shape index (κ3) is 2.01. The van der Waals surface area contributed by atoms with Gasteiger partial charge in [0, 0.05) is 11.6 Å². The summed E-state index contributed by atoms with van der Waals surface area (Å²) in [6.07, 6.45) is 8.34. The molecule has 0 saturated heterocycles. The Balaban J connectivity index is 1.88. The van der Waals surface area contributed by atoms with Gasteiger partial charge in [0.2, 0.25) is 0 Å². The molecular weight excluding hydrogens is 246 g/mol. The van der Waals surface area contributed by atoms with E-state index in [0.29, 0.717) is 11.4 Å². The van der Waals surface area contributed by atoms with Gasteiger partial charge >= 0.3 is 0 Å². The summed E-state index contributed by atoms with van der Waals surface area (Å²) in [6, 6.07) is 10.5. The van der Waals surface area contributed by atoms with Crippen LogP contribution < -0.4 is 5.73 Å². The van der Waals surface area contributed by atoms with Crippen molar-refractivity contribution in [1.82, 2.24) is 0 Å². The van der Waals surface area contributed by atoms with E-state index >= 15 is 0 Å². The third-order valence-electron chi connectivity index (χ3n) is 3.89. The van der Waals surface area contributed by atoms with Crippen LogP contribution >= 0.6 is 0 Å². The summed E-state index contributed by atoms with van der Waals surface area (Å²) in [7, 11) is 0. The lowest BCUT2D eigenvalue weighted by Gasteiger charge is -2.09. The highest BCUT2D eigenvalue weighted by Crippen LogP contribution is 2.59. The molecule has 1 unspecified atom stereocenters. The van der Waals surface area contributed by atoms with Gasteiger partial charge in [0.05, 0.1) is 17.6 Å². The SMILES string of the molecule is CC(C=N)=N/C=C(\N)C1=CC2(c3ccccc3)CC2=C1. The maximum Gasteiger partial charge on any atom is 0.0570 e. The van der Waals surface area contributed by atoms with Gasteiger partial charge in [-0.3, -0.25) is 4.99 Å². The van der Waals surface area contributed by atoms with Crippen LogP contribution in [0.3, 0.4) is 0 Å². The lowest BCUT2D eigenvalue weighted by molar-refractivity contribution is 0.928. The van der Waals surface area contributed by atoms with Gasteiger partial charge in [0.15, 0.2) is 0 Å². The second-order valence-corrected chi connectivity index (χ2v) is 5.28. The molecule has 20 heavy (non-hydrogen) atoms. The zero-order valence-corrected chi connectivity index (χ0v) is 11.4. The highest BCUT2D eigenvalue weighted by Gasteiger charge is 2.51. The number of nitrogens with zero attached hydrogens (tertiary/aromatic N) is 1. The first kappa shape index (κ1) is 12.6. The second-order valence-electron chi connectivity index (χ2n) is 5.28.